The first-order chi connectivity index (χ1) is 9.08. The number of carbonyl (C=O) groups excluding carboxylic acids is 2. The van der Waals surface area contributed by atoms with Crippen LogP contribution in [0.5, 0.6) is 0 Å². The van der Waals surface area contributed by atoms with Gasteiger partial charge in [0.1, 0.15) is 5.78 Å². The summed E-state index contributed by atoms with van der Waals surface area (Å²) in [6, 6.07) is 11.3. The summed E-state index contributed by atoms with van der Waals surface area (Å²) >= 11 is 1.45. The summed E-state index contributed by atoms with van der Waals surface area (Å²) in [5, 5.41) is 1.90. The second kappa shape index (κ2) is 5.93. The van der Waals surface area contributed by atoms with Gasteiger partial charge in [0.05, 0.1) is 4.88 Å². The molecule has 2 rings (SSSR count). The lowest BCUT2D eigenvalue weighted by atomic mass is 9.94. The van der Waals surface area contributed by atoms with Crippen molar-refractivity contribution in [1.29, 1.82) is 0 Å². The monoisotopic (exact) mass is 272 g/mol. The first kappa shape index (κ1) is 13.7. The van der Waals surface area contributed by atoms with Crippen molar-refractivity contribution >= 4 is 22.9 Å². The van der Waals surface area contributed by atoms with Crippen LogP contribution in [0.25, 0.3) is 0 Å². The van der Waals surface area contributed by atoms with Gasteiger partial charge in [-0.1, -0.05) is 37.3 Å². The number of hydrogen-bond donors (Lipinski definition) is 0. The second-order valence-corrected chi connectivity index (χ2v) is 5.68. The van der Waals surface area contributed by atoms with Crippen LogP contribution in [0.1, 0.15) is 47.0 Å². The van der Waals surface area contributed by atoms with E-state index in [0.29, 0.717) is 12.0 Å². The molecule has 19 heavy (non-hydrogen) atoms. The highest BCUT2D eigenvalue weighted by molar-refractivity contribution is 7.12. The molecule has 1 aromatic carbocycles. The average molecular weight is 272 g/mol. The van der Waals surface area contributed by atoms with E-state index >= 15 is 0 Å². The zero-order valence-corrected chi connectivity index (χ0v) is 11.9. The Bertz CT molecular complexity index is 567. The minimum absolute atomic E-state index is 0.0563. The second-order valence-electron chi connectivity index (χ2n) is 4.74. The molecule has 0 bridgehead atoms. The van der Waals surface area contributed by atoms with Crippen LogP contribution < -0.4 is 0 Å². The number of rotatable bonds is 5. The first-order valence-corrected chi connectivity index (χ1v) is 7.13. The van der Waals surface area contributed by atoms with Crippen molar-refractivity contribution < 1.29 is 9.59 Å². The number of carbonyl (C=O) groups is 2. The topological polar surface area (TPSA) is 34.1 Å². The van der Waals surface area contributed by atoms with E-state index < -0.39 is 0 Å². The number of thiophene rings is 1. The summed E-state index contributed by atoms with van der Waals surface area (Å²) in [7, 11) is 0. The van der Waals surface area contributed by atoms with Gasteiger partial charge in [-0.15, -0.1) is 11.3 Å². The Morgan fingerprint density at radius 1 is 1.16 bits per heavy atom. The van der Waals surface area contributed by atoms with Gasteiger partial charge in [0, 0.05) is 12.0 Å². The van der Waals surface area contributed by atoms with Crippen LogP contribution in [-0.2, 0) is 4.79 Å². The van der Waals surface area contributed by atoms with Gasteiger partial charge >= 0.3 is 0 Å². The van der Waals surface area contributed by atoms with Crippen LogP contribution >= 0.6 is 11.3 Å². The number of hydrogen-bond acceptors (Lipinski definition) is 3. The third kappa shape index (κ3) is 3.38. The Hall–Kier alpha value is -1.74. The predicted octanol–water partition coefficient (Wildman–Crippen LogP) is 4.06. The maximum absolute atomic E-state index is 12.1. The molecule has 3 heteroatoms. The van der Waals surface area contributed by atoms with E-state index in [4.69, 9.17) is 0 Å². The quantitative estimate of drug-likeness (QED) is 0.769. The van der Waals surface area contributed by atoms with Gasteiger partial charge in [-0.25, -0.2) is 0 Å². The molecule has 98 valence electrons. The summed E-state index contributed by atoms with van der Waals surface area (Å²) in [4.78, 5) is 24.0. The molecule has 0 fully saturated rings. The lowest BCUT2D eigenvalue weighted by Crippen LogP contribution is -2.02. The van der Waals surface area contributed by atoms with Gasteiger partial charge in [0.15, 0.2) is 0 Å². The average Bonchev–Trinajstić information content (AvgIpc) is 2.91. The largest absolute Gasteiger partial charge is 0.300 e. The van der Waals surface area contributed by atoms with Crippen molar-refractivity contribution in [3.05, 3.63) is 57.8 Å². The molecular weight excluding hydrogens is 256 g/mol. The normalized spacial score (nSPS) is 12.1. The fourth-order valence-electron chi connectivity index (χ4n) is 2.06. The molecule has 1 aromatic heterocycles. The predicted molar refractivity (Wildman–Crippen MR) is 77.9 cm³/mol. The van der Waals surface area contributed by atoms with Crippen molar-refractivity contribution in [2.45, 2.75) is 26.2 Å². The minimum Gasteiger partial charge on any atom is -0.300 e. The van der Waals surface area contributed by atoms with Gasteiger partial charge in [-0.3, -0.25) is 4.79 Å². The number of ketones is 2. The smallest absolute Gasteiger partial charge is 0.202 e. The molecule has 0 aliphatic heterocycles. The molecule has 2 nitrogen and oxygen atoms in total. The maximum atomic E-state index is 12.1. The summed E-state index contributed by atoms with van der Waals surface area (Å²) in [5.74, 6) is 0.440. The fourth-order valence-corrected chi connectivity index (χ4v) is 2.75. The van der Waals surface area contributed by atoms with E-state index in [2.05, 4.69) is 0 Å². The highest BCUT2D eigenvalue weighted by Crippen LogP contribution is 2.21. The Labute approximate surface area is 117 Å². The molecule has 0 spiro atoms. The standard InChI is InChI=1S/C16H16O2S/c1-11(10-12(2)17)13-5-7-14(8-6-13)16(18)15-4-3-9-19-15/h3-9,11H,10H2,1-2H3/t11-/m0/s1. The van der Waals surface area contributed by atoms with Crippen molar-refractivity contribution in [3.63, 3.8) is 0 Å². The minimum atomic E-state index is 0.0563. The van der Waals surface area contributed by atoms with E-state index in [-0.39, 0.29) is 17.5 Å². The summed E-state index contributed by atoms with van der Waals surface area (Å²) < 4.78 is 0. The van der Waals surface area contributed by atoms with Crippen molar-refractivity contribution in [1.82, 2.24) is 0 Å². The van der Waals surface area contributed by atoms with Crippen LogP contribution in [0.15, 0.2) is 41.8 Å². The molecule has 0 N–H and O–H groups in total. The van der Waals surface area contributed by atoms with E-state index in [0.717, 1.165) is 10.4 Å². The van der Waals surface area contributed by atoms with Crippen molar-refractivity contribution in [2.75, 3.05) is 0 Å². The van der Waals surface area contributed by atoms with E-state index in [9.17, 15) is 9.59 Å². The van der Waals surface area contributed by atoms with E-state index in [1.54, 1.807) is 6.92 Å². The molecule has 1 heterocycles. The highest BCUT2D eigenvalue weighted by atomic mass is 32.1. The Morgan fingerprint density at radius 3 is 2.37 bits per heavy atom. The molecule has 1 atom stereocenters. The van der Waals surface area contributed by atoms with Gasteiger partial charge in [-0.05, 0) is 29.9 Å². The van der Waals surface area contributed by atoms with E-state index in [1.165, 1.54) is 11.3 Å². The zero-order chi connectivity index (χ0) is 13.8. The van der Waals surface area contributed by atoms with Crippen molar-refractivity contribution in [2.24, 2.45) is 0 Å². The maximum Gasteiger partial charge on any atom is 0.202 e. The molecule has 0 saturated heterocycles. The van der Waals surface area contributed by atoms with Crippen LogP contribution in [0, 0.1) is 0 Å². The Kier molecular flexibility index (Phi) is 4.27. The third-order valence-electron chi connectivity index (χ3n) is 3.08. The molecule has 0 unspecified atom stereocenters. The SMILES string of the molecule is CC(=O)C[C@H](C)c1ccc(C(=O)c2cccs2)cc1. The highest BCUT2D eigenvalue weighted by Gasteiger charge is 2.12. The molecule has 0 saturated carbocycles. The third-order valence-corrected chi connectivity index (χ3v) is 3.95. The van der Waals surface area contributed by atoms with Crippen LogP contribution in [0.4, 0.5) is 0 Å². The van der Waals surface area contributed by atoms with Gasteiger partial charge in [-0.2, -0.15) is 0 Å². The summed E-state index contributed by atoms with van der Waals surface area (Å²) in [6.45, 7) is 3.63. The summed E-state index contributed by atoms with van der Waals surface area (Å²) in [5.41, 5.74) is 1.79. The summed E-state index contributed by atoms with van der Waals surface area (Å²) in [6.07, 6.45) is 0.540. The Morgan fingerprint density at radius 2 is 1.84 bits per heavy atom. The van der Waals surface area contributed by atoms with Gasteiger partial charge < -0.3 is 4.79 Å². The van der Waals surface area contributed by atoms with Crippen molar-refractivity contribution in [3.8, 4) is 0 Å². The lowest BCUT2D eigenvalue weighted by molar-refractivity contribution is -0.117. The molecule has 0 radical (unpaired) electrons. The number of Topliss-reactive ketones (excluding diaryl/α,β-unsaturated/α-hetero) is 1. The fraction of sp³-hybridized carbons (Fsp3) is 0.250. The van der Waals surface area contributed by atoms with Crippen LogP contribution in [-0.4, -0.2) is 11.6 Å². The van der Waals surface area contributed by atoms with Gasteiger partial charge in [0.25, 0.3) is 0 Å². The van der Waals surface area contributed by atoms with Gasteiger partial charge in [0.2, 0.25) is 5.78 Å². The molecule has 0 aliphatic carbocycles. The molecule has 0 aliphatic rings. The lowest BCUT2D eigenvalue weighted by Gasteiger charge is -2.10. The number of benzene rings is 1. The van der Waals surface area contributed by atoms with Crippen LogP contribution in [0.3, 0.4) is 0 Å². The molecule has 0 amide bonds. The first-order valence-electron chi connectivity index (χ1n) is 6.25. The Balaban J connectivity index is 2.14. The molecular formula is C16H16O2S. The zero-order valence-electron chi connectivity index (χ0n) is 11.1. The van der Waals surface area contributed by atoms with Crippen LogP contribution in [0.2, 0.25) is 0 Å². The molecule has 2 aromatic rings. The van der Waals surface area contributed by atoms with E-state index in [1.807, 2.05) is 48.7 Å².